The van der Waals surface area contributed by atoms with Crippen LogP contribution in [0.5, 0.6) is 0 Å². The van der Waals surface area contributed by atoms with Crippen molar-refractivity contribution in [3.63, 3.8) is 0 Å². The summed E-state index contributed by atoms with van der Waals surface area (Å²) in [6, 6.07) is 2.06. The van der Waals surface area contributed by atoms with Gasteiger partial charge in [-0.2, -0.15) is 5.26 Å². The van der Waals surface area contributed by atoms with Crippen molar-refractivity contribution in [2.45, 2.75) is 32.7 Å². The number of anilines is 1. The molecule has 0 saturated carbocycles. The van der Waals surface area contributed by atoms with Gasteiger partial charge >= 0.3 is 5.69 Å². The molecule has 2 heterocycles. The molecule has 1 aromatic heterocycles. The molecule has 0 radical (unpaired) electrons. The number of aromatic nitrogens is 2. The van der Waals surface area contributed by atoms with Crippen LogP contribution in [-0.4, -0.2) is 52.9 Å². The van der Waals surface area contributed by atoms with Gasteiger partial charge < -0.3 is 15.0 Å². The fourth-order valence-electron chi connectivity index (χ4n) is 3.47. The van der Waals surface area contributed by atoms with Gasteiger partial charge in [-0.25, -0.2) is 4.79 Å². The molecule has 1 aromatic rings. The quantitative estimate of drug-likeness (QED) is 0.710. The zero-order valence-electron chi connectivity index (χ0n) is 16.1. The van der Waals surface area contributed by atoms with Gasteiger partial charge in [-0.1, -0.05) is 6.92 Å². The Balaban J connectivity index is 2.08. The summed E-state index contributed by atoms with van der Waals surface area (Å²) in [4.78, 5) is 26.8. The molecule has 1 saturated heterocycles. The van der Waals surface area contributed by atoms with Crippen LogP contribution >= 0.6 is 0 Å². The fraction of sp³-hybridized carbons (Fsp3) is 0.722. The normalized spacial score (nSPS) is 20.7. The van der Waals surface area contributed by atoms with E-state index in [1.54, 1.807) is 7.05 Å². The summed E-state index contributed by atoms with van der Waals surface area (Å²) in [5, 5.41) is 12.7. The lowest BCUT2D eigenvalue weighted by atomic mass is 9.93. The Bertz CT molecular complexity index is 777. The summed E-state index contributed by atoms with van der Waals surface area (Å²) in [5.74, 6) is 0.656. The average molecular weight is 363 g/mol. The molecule has 2 unspecified atom stereocenters. The van der Waals surface area contributed by atoms with Crippen LogP contribution in [-0.2, 0) is 18.8 Å². The third-order valence-corrected chi connectivity index (χ3v) is 5.06. The van der Waals surface area contributed by atoms with E-state index in [4.69, 9.17) is 4.74 Å². The highest BCUT2D eigenvalue weighted by Crippen LogP contribution is 2.21. The second-order valence-electron chi connectivity index (χ2n) is 6.91. The molecule has 1 N–H and O–H groups in total. The number of nitrogens with one attached hydrogen (secondary N) is 1. The van der Waals surface area contributed by atoms with Crippen molar-refractivity contribution in [1.82, 2.24) is 14.0 Å². The lowest BCUT2D eigenvalue weighted by Gasteiger charge is -2.38. The number of piperidine rings is 1. The van der Waals surface area contributed by atoms with Crippen molar-refractivity contribution in [3.8, 4) is 6.07 Å². The minimum Gasteiger partial charge on any atom is -0.382 e. The van der Waals surface area contributed by atoms with E-state index in [-0.39, 0.29) is 11.6 Å². The molecule has 0 amide bonds. The van der Waals surface area contributed by atoms with Crippen LogP contribution in [0.25, 0.3) is 0 Å². The third-order valence-electron chi connectivity index (χ3n) is 5.06. The lowest BCUT2D eigenvalue weighted by Crippen LogP contribution is -2.47. The zero-order valence-corrected chi connectivity index (χ0v) is 16.1. The first kappa shape index (κ1) is 20.2. The summed E-state index contributed by atoms with van der Waals surface area (Å²) < 4.78 is 7.70. The number of nitriles is 1. The van der Waals surface area contributed by atoms with Gasteiger partial charge in [0.25, 0.3) is 5.56 Å². The Labute approximate surface area is 154 Å². The SMILES string of the molecule is CCOCCCN1CCC(Nc2c(C#N)c(=O)n(C)c(=O)n2C)C(C)C1. The minimum absolute atomic E-state index is 0.0130. The maximum atomic E-state index is 12.2. The molecule has 8 heteroatoms. The second-order valence-corrected chi connectivity index (χ2v) is 6.91. The number of likely N-dealkylation sites (tertiary alicyclic amines) is 1. The summed E-state index contributed by atoms with van der Waals surface area (Å²) >= 11 is 0. The van der Waals surface area contributed by atoms with Gasteiger partial charge in [0.05, 0.1) is 0 Å². The minimum atomic E-state index is -0.556. The standard InChI is InChI=1S/C18H29N5O3/c1-5-26-10-6-8-23-9-7-15(13(2)12-23)20-16-14(11-19)17(24)22(4)18(25)21(16)3/h13,15,20H,5-10,12H2,1-4H3. The zero-order chi connectivity index (χ0) is 19.3. The number of rotatable bonds is 7. The lowest BCUT2D eigenvalue weighted by molar-refractivity contribution is 0.116. The van der Waals surface area contributed by atoms with Gasteiger partial charge in [0.15, 0.2) is 5.56 Å². The van der Waals surface area contributed by atoms with E-state index in [1.165, 1.54) is 11.6 Å². The molecule has 0 aliphatic carbocycles. The Kier molecular flexibility index (Phi) is 7.00. The maximum Gasteiger partial charge on any atom is 0.332 e. The van der Waals surface area contributed by atoms with Crippen LogP contribution < -0.4 is 16.6 Å². The predicted octanol–water partition coefficient (Wildman–Crippen LogP) is 0.505. The Hall–Kier alpha value is -2.11. The van der Waals surface area contributed by atoms with Crippen molar-refractivity contribution in [2.24, 2.45) is 20.0 Å². The smallest absolute Gasteiger partial charge is 0.332 e. The van der Waals surface area contributed by atoms with Crippen molar-refractivity contribution in [1.29, 1.82) is 5.26 Å². The van der Waals surface area contributed by atoms with E-state index in [0.29, 0.717) is 11.7 Å². The first-order valence-electron chi connectivity index (χ1n) is 9.17. The molecular formula is C18H29N5O3. The third kappa shape index (κ3) is 4.34. The summed E-state index contributed by atoms with van der Waals surface area (Å²) in [6.07, 6.45) is 1.91. The first-order valence-corrected chi connectivity index (χ1v) is 9.17. The Morgan fingerprint density at radius 2 is 2.04 bits per heavy atom. The highest BCUT2D eigenvalue weighted by Gasteiger charge is 2.28. The van der Waals surface area contributed by atoms with E-state index < -0.39 is 11.2 Å². The van der Waals surface area contributed by atoms with E-state index in [9.17, 15) is 14.9 Å². The van der Waals surface area contributed by atoms with Crippen LogP contribution in [0.4, 0.5) is 5.82 Å². The van der Waals surface area contributed by atoms with Crippen molar-refractivity contribution < 1.29 is 4.74 Å². The van der Waals surface area contributed by atoms with E-state index in [1.807, 2.05) is 13.0 Å². The van der Waals surface area contributed by atoms with Gasteiger partial charge in [0.2, 0.25) is 0 Å². The van der Waals surface area contributed by atoms with Gasteiger partial charge in [-0.3, -0.25) is 13.9 Å². The van der Waals surface area contributed by atoms with E-state index >= 15 is 0 Å². The van der Waals surface area contributed by atoms with Crippen LogP contribution in [0.3, 0.4) is 0 Å². The molecule has 2 rings (SSSR count). The highest BCUT2D eigenvalue weighted by molar-refractivity contribution is 5.52. The molecule has 0 aromatic carbocycles. The molecule has 0 bridgehead atoms. The topological polar surface area (TPSA) is 92.3 Å². The molecule has 1 aliphatic rings. The fourth-order valence-corrected chi connectivity index (χ4v) is 3.47. The molecule has 2 atom stereocenters. The van der Waals surface area contributed by atoms with Crippen LogP contribution in [0.1, 0.15) is 32.3 Å². The number of nitrogens with zero attached hydrogens (tertiary/aromatic N) is 4. The number of ether oxygens (including phenoxy) is 1. The van der Waals surface area contributed by atoms with Gasteiger partial charge in [-0.05, 0) is 25.7 Å². The van der Waals surface area contributed by atoms with Gasteiger partial charge in [0, 0.05) is 53.0 Å². The maximum absolute atomic E-state index is 12.2. The van der Waals surface area contributed by atoms with Gasteiger partial charge in [0.1, 0.15) is 11.9 Å². The predicted molar refractivity (Wildman–Crippen MR) is 100 cm³/mol. The number of hydrogen-bond acceptors (Lipinski definition) is 6. The molecular weight excluding hydrogens is 334 g/mol. The van der Waals surface area contributed by atoms with Crippen LogP contribution in [0.15, 0.2) is 9.59 Å². The van der Waals surface area contributed by atoms with E-state index in [0.717, 1.165) is 50.3 Å². The molecule has 1 aliphatic heterocycles. The van der Waals surface area contributed by atoms with Crippen molar-refractivity contribution in [3.05, 3.63) is 26.4 Å². The van der Waals surface area contributed by atoms with E-state index in [2.05, 4.69) is 17.1 Å². The average Bonchev–Trinajstić information content (AvgIpc) is 2.63. The van der Waals surface area contributed by atoms with Crippen LogP contribution in [0, 0.1) is 17.2 Å². The van der Waals surface area contributed by atoms with Crippen molar-refractivity contribution >= 4 is 5.82 Å². The molecule has 8 nitrogen and oxygen atoms in total. The summed E-state index contributed by atoms with van der Waals surface area (Å²) in [7, 11) is 2.97. The summed E-state index contributed by atoms with van der Waals surface area (Å²) in [5.41, 5.74) is -1.00. The second kappa shape index (κ2) is 9.01. The summed E-state index contributed by atoms with van der Waals surface area (Å²) in [6.45, 7) is 8.56. The highest BCUT2D eigenvalue weighted by atomic mass is 16.5. The number of hydrogen-bond donors (Lipinski definition) is 1. The van der Waals surface area contributed by atoms with Crippen molar-refractivity contribution in [2.75, 3.05) is 38.2 Å². The van der Waals surface area contributed by atoms with Gasteiger partial charge in [-0.15, -0.1) is 0 Å². The first-order chi connectivity index (χ1) is 12.4. The van der Waals surface area contributed by atoms with Crippen LogP contribution in [0.2, 0.25) is 0 Å². The monoisotopic (exact) mass is 363 g/mol. The Morgan fingerprint density at radius 3 is 2.65 bits per heavy atom. The molecule has 1 fully saturated rings. The largest absolute Gasteiger partial charge is 0.382 e. The molecule has 0 spiro atoms. The molecule has 144 valence electrons. The Morgan fingerprint density at radius 1 is 1.31 bits per heavy atom. The molecule has 26 heavy (non-hydrogen) atoms.